The van der Waals surface area contributed by atoms with Gasteiger partial charge in [-0.15, -0.1) is 0 Å². The second-order valence-corrected chi connectivity index (χ2v) is 8.28. The van der Waals surface area contributed by atoms with E-state index in [2.05, 4.69) is 29.0 Å². The lowest BCUT2D eigenvalue weighted by Gasteiger charge is -2.32. The summed E-state index contributed by atoms with van der Waals surface area (Å²) >= 11 is 0. The number of benzene rings is 1. The van der Waals surface area contributed by atoms with Crippen LogP contribution in [0.1, 0.15) is 45.1 Å². The summed E-state index contributed by atoms with van der Waals surface area (Å²) in [7, 11) is 0. The number of aromatic amines is 1. The lowest BCUT2D eigenvalue weighted by atomic mass is 9.93. The van der Waals surface area contributed by atoms with Crippen LogP contribution in [0.2, 0.25) is 0 Å². The third kappa shape index (κ3) is 5.80. The summed E-state index contributed by atoms with van der Waals surface area (Å²) in [5, 5.41) is 3.94. The summed E-state index contributed by atoms with van der Waals surface area (Å²) in [6.45, 7) is 8.54. The van der Waals surface area contributed by atoms with Gasteiger partial charge in [0.25, 0.3) is 0 Å². The Kier molecular flexibility index (Phi) is 6.89. The van der Waals surface area contributed by atoms with E-state index in [0.29, 0.717) is 25.3 Å². The van der Waals surface area contributed by atoms with E-state index in [1.165, 1.54) is 19.0 Å². The average molecular weight is 374 g/mol. The zero-order valence-electron chi connectivity index (χ0n) is 16.6. The molecule has 3 rings (SSSR count). The normalized spacial score (nSPS) is 16.3. The van der Waals surface area contributed by atoms with Crippen molar-refractivity contribution in [3.63, 3.8) is 0 Å². The summed E-state index contributed by atoms with van der Waals surface area (Å²) in [5.41, 5.74) is 1.98. The van der Waals surface area contributed by atoms with Gasteiger partial charge in [0, 0.05) is 30.1 Å². The van der Waals surface area contributed by atoms with Crippen LogP contribution in [0.3, 0.4) is 0 Å². The third-order valence-corrected chi connectivity index (χ3v) is 5.65. The van der Waals surface area contributed by atoms with Crippen molar-refractivity contribution >= 4 is 16.8 Å². The topological polar surface area (TPSA) is 48.1 Å². The Hall–Kier alpha value is -1.88. The number of aromatic nitrogens is 1. The van der Waals surface area contributed by atoms with Gasteiger partial charge in [-0.25, -0.2) is 4.39 Å². The molecule has 5 heteroatoms. The summed E-state index contributed by atoms with van der Waals surface area (Å²) in [5.74, 6) is 1.17. The molecule has 1 fully saturated rings. The number of rotatable bonds is 8. The molecule has 148 valence electrons. The highest BCUT2D eigenvalue weighted by molar-refractivity contribution is 5.83. The van der Waals surface area contributed by atoms with Crippen LogP contribution in [0, 0.1) is 17.7 Å². The highest BCUT2D eigenvalue weighted by atomic mass is 19.1. The van der Waals surface area contributed by atoms with Crippen molar-refractivity contribution in [3.8, 4) is 0 Å². The molecule has 4 nitrogen and oxygen atoms in total. The molecule has 0 aliphatic carbocycles. The number of carbonyl (C=O) groups is 1. The minimum Gasteiger partial charge on any atom is -0.361 e. The van der Waals surface area contributed by atoms with Gasteiger partial charge in [0.15, 0.2) is 0 Å². The Morgan fingerprint density at radius 3 is 2.85 bits per heavy atom. The number of nitrogens with zero attached hydrogens (tertiary/aromatic N) is 1. The molecule has 2 aromatic rings. The molecule has 0 radical (unpaired) electrons. The van der Waals surface area contributed by atoms with E-state index in [9.17, 15) is 9.18 Å². The molecule has 1 aromatic carbocycles. The molecular formula is C22H32FN3O. The molecule has 1 aromatic heterocycles. The first-order valence-corrected chi connectivity index (χ1v) is 10.3. The van der Waals surface area contributed by atoms with Crippen LogP contribution in [-0.4, -0.2) is 42.0 Å². The largest absolute Gasteiger partial charge is 0.361 e. The number of hydrogen-bond acceptors (Lipinski definition) is 2. The lowest BCUT2D eigenvalue weighted by molar-refractivity contribution is -0.122. The van der Waals surface area contributed by atoms with E-state index >= 15 is 0 Å². The van der Waals surface area contributed by atoms with Gasteiger partial charge in [0.1, 0.15) is 5.82 Å². The van der Waals surface area contributed by atoms with Crippen molar-refractivity contribution in [2.24, 2.45) is 11.8 Å². The molecule has 0 bridgehead atoms. The summed E-state index contributed by atoms with van der Waals surface area (Å²) < 4.78 is 13.4. The highest BCUT2D eigenvalue weighted by Gasteiger charge is 2.21. The zero-order chi connectivity index (χ0) is 19.2. The standard InChI is InChI=1S/C22H32FN3O/c1-16(2)6-10-26-11-7-17(8-12-26)13-22(27)24-9-5-18-15-25-21-4-3-19(23)14-20(18)21/h3-4,14-17,25H,5-13H2,1-2H3,(H,24,27). The second-order valence-electron chi connectivity index (χ2n) is 8.28. The molecule has 0 spiro atoms. The quantitative estimate of drug-likeness (QED) is 0.731. The molecule has 0 saturated carbocycles. The predicted molar refractivity (Wildman–Crippen MR) is 108 cm³/mol. The predicted octanol–water partition coefficient (Wildman–Crippen LogP) is 4.11. The number of hydrogen-bond donors (Lipinski definition) is 2. The van der Waals surface area contributed by atoms with E-state index in [-0.39, 0.29) is 11.7 Å². The first-order chi connectivity index (χ1) is 13.0. The summed E-state index contributed by atoms with van der Waals surface area (Å²) in [6.07, 6.45) is 6.73. The fourth-order valence-electron chi connectivity index (χ4n) is 3.88. The van der Waals surface area contributed by atoms with Gasteiger partial charge in [-0.3, -0.25) is 4.79 Å². The minimum absolute atomic E-state index is 0.140. The first kappa shape index (κ1) is 19.9. The number of piperidine rings is 1. The van der Waals surface area contributed by atoms with Gasteiger partial charge in [-0.05, 0) is 80.9 Å². The van der Waals surface area contributed by atoms with Gasteiger partial charge in [0.05, 0.1) is 0 Å². The van der Waals surface area contributed by atoms with E-state index in [1.54, 1.807) is 12.1 Å². The van der Waals surface area contributed by atoms with Crippen LogP contribution in [0.15, 0.2) is 24.4 Å². The minimum atomic E-state index is -0.230. The van der Waals surface area contributed by atoms with Crippen LogP contribution in [0.25, 0.3) is 10.9 Å². The Bertz CT molecular complexity index is 747. The van der Waals surface area contributed by atoms with Crippen molar-refractivity contribution in [3.05, 3.63) is 35.8 Å². The van der Waals surface area contributed by atoms with Crippen LogP contribution < -0.4 is 5.32 Å². The number of amides is 1. The molecule has 1 aliphatic heterocycles. The molecule has 27 heavy (non-hydrogen) atoms. The number of halogens is 1. The van der Waals surface area contributed by atoms with Crippen LogP contribution in [0.4, 0.5) is 4.39 Å². The molecule has 1 amide bonds. The van der Waals surface area contributed by atoms with E-state index in [4.69, 9.17) is 0 Å². The SMILES string of the molecule is CC(C)CCN1CCC(CC(=O)NCCc2c[nH]c3ccc(F)cc23)CC1. The maximum Gasteiger partial charge on any atom is 0.220 e. The van der Waals surface area contributed by atoms with Gasteiger partial charge in [-0.2, -0.15) is 0 Å². The van der Waals surface area contributed by atoms with Crippen LogP contribution >= 0.6 is 0 Å². The van der Waals surface area contributed by atoms with Gasteiger partial charge in [-0.1, -0.05) is 13.8 Å². The van der Waals surface area contributed by atoms with Crippen molar-refractivity contribution in [2.45, 2.75) is 46.0 Å². The Balaban J connectivity index is 1.37. The molecular weight excluding hydrogens is 341 g/mol. The lowest BCUT2D eigenvalue weighted by Crippen LogP contribution is -2.37. The van der Waals surface area contributed by atoms with Crippen LogP contribution in [-0.2, 0) is 11.2 Å². The number of H-pyrrole nitrogens is 1. The van der Waals surface area contributed by atoms with Gasteiger partial charge < -0.3 is 15.2 Å². The number of nitrogens with one attached hydrogen (secondary N) is 2. The van der Waals surface area contributed by atoms with Gasteiger partial charge >= 0.3 is 0 Å². The molecule has 0 atom stereocenters. The zero-order valence-corrected chi connectivity index (χ0v) is 16.6. The fraction of sp³-hybridized carbons (Fsp3) is 0.591. The van der Waals surface area contributed by atoms with E-state index in [1.807, 2.05) is 6.20 Å². The van der Waals surface area contributed by atoms with E-state index in [0.717, 1.165) is 48.3 Å². The molecule has 1 aliphatic rings. The maximum atomic E-state index is 13.4. The van der Waals surface area contributed by atoms with Crippen molar-refractivity contribution < 1.29 is 9.18 Å². The highest BCUT2D eigenvalue weighted by Crippen LogP contribution is 2.22. The first-order valence-electron chi connectivity index (χ1n) is 10.3. The third-order valence-electron chi connectivity index (χ3n) is 5.65. The van der Waals surface area contributed by atoms with E-state index < -0.39 is 0 Å². The smallest absolute Gasteiger partial charge is 0.220 e. The molecule has 0 unspecified atom stereocenters. The molecule has 2 N–H and O–H groups in total. The monoisotopic (exact) mass is 373 g/mol. The Morgan fingerprint density at radius 1 is 1.33 bits per heavy atom. The Labute approximate surface area is 161 Å². The summed E-state index contributed by atoms with van der Waals surface area (Å²) in [4.78, 5) is 18.0. The van der Waals surface area contributed by atoms with Crippen molar-refractivity contribution in [1.29, 1.82) is 0 Å². The van der Waals surface area contributed by atoms with Crippen molar-refractivity contribution in [1.82, 2.24) is 15.2 Å². The average Bonchev–Trinajstić information content (AvgIpc) is 3.03. The van der Waals surface area contributed by atoms with Gasteiger partial charge in [0.2, 0.25) is 5.91 Å². The number of carbonyl (C=O) groups excluding carboxylic acids is 1. The fourth-order valence-corrected chi connectivity index (χ4v) is 3.88. The maximum absolute atomic E-state index is 13.4. The molecule has 2 heterocycles. The summed E-state index contributed by atoms with van der Waals surface area (Å²) in [6, 6.07) is 4.76. The number of likely N-dealkylation sites (tertiary alicyclic amines) is 1. The van der Waals surface area contributed by atoms with Crippen LogP contribution in [0.5, 0.6) is 0 Å². The van der Waals surface area contributed by atoms with Crippen molar-refractivity contribution in [2.75, 3.05) is 26.2 Å². The second kappa shape index (κ2) is 9.36. The molecule has 1 saturated heterocycles. The number of fused-ring (bicyclic) bond motifs is 1. The Morgan fingerprint density at radius 2 is 2.11 bits per heavy atom.